The molecule has 3 heterocycles. The number of nitrogens with one attached hydrogen (secondary N) is 1. The summed E-state index contributed by atoms with van der Waals surface area (Å²) in [7, 11) is -1.64. The van der Waals surface area contributed by atoms with E-state index in [0.717, 1.165) is 0 Å². The second kappa shape index (κ2) is 6.30. The van der Waals surface area contributed by atoms with Gasteiger partial charge in [-0.05, 0) is 12.0 Å². The molecule has 1 aromatic carbocycles. The monoisotopic (exact) mass is 406 g/mol. The van der Waals surface area contributed by atoms with Gasteiger partial charge in [0.25, 0.3) is 11.6 Å². The van der Waals surface area contributed by atoms with Crippen LogP contribution in [0.15, 0.2) is 35.5 Å². The van der Waals surface area contributed by atoms with Crippen LogP contribution in [0.1, 0.15) is 18.0 Å². The smallest absolute Gasteiger partial charge is 0.322 e. The van der Waals surface area contributed by atoms with Crippen LogP contribution >= 0.6 is 0 Å². The van der Waals surface area contributed by atoms with E-state index in [-0.39, 0.29) is 29.6 Å². The fourth-order valence-electron chi connectivity index (χ4n) is 3.97. The van der Waals surface area contributed by atoms with Crippen molar-refractivity contribution < 1.29 is 22.9 Å². The zero-order valence-electron chi connectivity index (χ0n) is 15.0. The van der Waals surface area contributed by atoms with Gasteiger partial charge < -0.3 is 10.2 Å². The van der Waals surface area contributed by atoms with Gasteiger partial charge in [-0.3, -0.25) is 19.8 Å². The molecule has 0 aliphatic carbocycles. The second-order valence-electron chi connectivity index (χ2n) is 7.14. The Labute approximate surface area is 160 Å². The van der Waals surface area contributed by atoms with Crippen molar-refractivity contribution in [3.63, 3.8) is 0 Å². The zero-order chi connectivity index (χ0) is 20.2. The van der Waals surface area contributed by atoms with Crippen LogP contribution in [0.3, 0.4) is 0 Å². The van der Waals surface area contributed by atoms with E-state index in [1.807, 2.05) is 0 Å². The lowest BCUT2D eigenvalue weighted by Gasteiger charge is -2.31. The van der Waals surface area contributed by atoms with Gasteiger partial charge >= 0.3 is 6.03 Å². The number of benzene rings is 1. The van der Waals surface area contributed by atoms with Crippen molar-refractivity contribution >= 4 is 27.5 Å². The van der Waals surface area contributed by atoms with Crippen LogP contribution in [0.2, 0.25) is 0 Å². The van der Waals surface area contributed by atoms with E-state index in [9.17, 15) is 28.1 Å². The molecule has 0 saturated carbocycles. The lowest BCUT2D eigenvalue weighted by Crippen LogP contribution is -2.45. The topological polar surface area (TPSA) is 130 Å². The standard InChI is InChI=1S/C17H18N4O6S/c1-19-13-8-20(12-5-6-28(26,27)9-12)16(22)14(13)15(18-17(19)23)10-3-2-4-11(7-10)21(24)25/h2-4,7,12,15H,5-6,8-9H2,1H3,(H,18,23). The van der Waals surface area contributed by atoms with Crippen LogP contribution in [0.5, 0.6) is 0 Å². The third-order valence-electron chi connectivity index (χ3n) is 5.45. The van der Waals surface area contributed by atoms with E-state index in [1.165, 1.54) is 35.0 Å². The quantitative estimate of drug-likeness (QED) is 0.577. The molecule has 148 valence electrons. The predicted octanol–water partition coefficient (Wildman–Crippen LogP) is 0.574. The Kier molecular flexibility index (Phi) is 4.14. The van der Waals surface area contributed by atoms with E-state index < -0.39 is 32.9 Å². The first kappa shape index (κ1) is 18.4. The first-order chi connectivity index (χ1) is 13.2. The molecule has 2 unspecified atom stereocenters. The van der Waals surface area contributed by atoms with E-state index in [2.05, 4.69) is 5.32 Å². The molecule has 0 aromatic heterocycles. The molecule has 10 nitrogen and oxygen atoms in total. The summed E-state index contributed by atoms with van der Waals surface area (Å²) < 4.78 is 23.7. The Hall–Kier alpha value is -2.95. The highest BCUT2D eigenvalue weighted by Crippen LogP contribution is 2.38. The number of amides is 3. The van der Waals surface area contributed by atoms with Crippen LogP contribution < -0.4 is 5.32 Å². The summed E-state index contributed by atoms with van der Waals surface area (Å²) in [6.07, 6.45) is 0.362. The molecule has 0 spiro atoms. The molecule has 0 radical (unpaired) electrons. The van der Waals surface area contributed by atoms with E-state index in [1.54, 1.807) is 6.07 Å². The number of nitrogens with zero attached hydrogens (tertiary/aromatic N) is 3. The number of rotatable bonds is 3. The van der Waals surface area contributed by atoms with Gasteiger partial charge in [0.15, 0.2) is 9.84 Å². The Morgan fingerprint density at radius 2 is 2.04 bits per heavy atom. The van der Waals surface area contributed by atoms with Crippen molar-refractivity contribution in [3.05, 3.63) is 51.2 Å². The van der Waals surface area contributed by atoms with Crippen molar-refractivity contribution in [1.82, 2.24) is 15.1 Å². The highest BCUT2D eigenvalue weighted by atomic mass is 32.2. The molecular formula is C17H18N4O6S. The number of carbonyl (C=O) groups is 2. The minimum atomic E-state index is -3.18. The highest BCUT2D eigenvalue weighted by Gasteiger charge is 2.46. The Morgan fingerprint density at radius 1 is 1.29 bits per heavy atom. The van der Waals surface area contributed by atoms with Crippen molar-refractivity contribution in [2.24, 2.45) is 0 Å². The number of hydrogen-bond donors (Lipinski definition) is 1. The number of sulfone groups is 1. The molecule has 4 rings (SSSR count). The summed E-state index contributed by atoms with van der Waals surface area (Å²) in [4.78, 5) is 38.9. The Balaban J connectivity index is 1.72. The molecule has 1 fully saturated rings. The lowest BCUT2D eigenvalue weighted by molar-refractivity contribution is -0.384. The molecule has 3 aliphatic rings. The Bertz CT molecular complexity index is 1030. The average molecular weight is 406 g/mol. The summed E-state index contributed by atoms with van der Waals surface area (Å²) in [6.45, 7) is 0.143. The van der Waals surface area contributed by atoms with Gasteiger partial charge in [0.05, 0.1) is 40.3 Å². The van der Waals surface area contributed by atoms with Gasteiger partial charge in [0.1, 0.15) is 0 Å². The Morgan fingerprint density at radius 3 is 2.68 bits per heavy atom. The molecular weight excluding hydrogens is 388 g/mol. The van der Waals surface area contributed by atoms with Crippen LogP contribution in [0, 0.1) is 10.1 Å². The largest absolute Gasteiger partial charge is 0.329 e. The maximum atomic E-state index is 13.2. The van der Waals surface area contributed by atoms with Gasteiger partial charge in [-0.15, -0.1) is 0 Å². The zero-order valence-corrected chi connectivity index (χ0v) is 15.8. The molecule has 11 heteroatoms. The van der Waals surface area contributed by atoms with Gasteiger partial charge in [0.2, 0.25) is 0 Å². The van der Waals surface area contributed by atoms with Gasteiger partial charge in [-0.1, -0.05) is 12.1 Å². The number of nitro benzene ring substituents is 1. The number of nitro groups is 1. The van der Waals surface area contributed by atoms with Gasteiger partial charge in [-0.2, -0.15) is 0 Å². The molecule has 3 amide bonds. The minimum Gasteiger partial charge on any atom is -0.329 e. The number of urea groups is 1. The fourth-order valence-corrected chi connectivity index (χ4v) is 5.70. The number of likely N-dealkylation sites (N-methyl/N-ethyl adjacent to an activating group) is 1. The van der Waals surface area contributed by atoms with Crippen molar-refractivity contribution in [3.8, 4) is 0 Å². The molecule has 3 aliphatic heterocycles. The van der Waals surface area contributed by atoms with Crippen molar-refractivity contribution in [2.75, 3.05) is 25.1 Å². The number of hydrogen-bond acceptors (Lipinski definition) is 6. The van der Waals surface area contributed by atoms with Crippen molar-refractivity contribution in [1.29, 1.82) is 0 Å². The molecule has 28 heavy (non-hydrogen) atoms. The summed E-state index contributed by atoms with van der Waals surface area (Å²) in [5, 5.41) is 13.8. The van der Waals surface area contributed by atoms with Crippen LogP contribution in [-0.2, 0) is 14.6 Å². The van der Waals surface area contributed by atoms with Crippen LogP contribution in [0.4, 0.5) is 10.5 Å². The first-order valence-electron chi connectivity index (χ1n) is 8.71. The maximum Gasteiger partial charge on any atom is 0.322 e. The van der Waals surface area contributed by atoms with Crippen LogP contribution in [-0.4, -0.2) is 66.2 Å². The molecule has 1 N–H and O–H groups in total. The number of non-ortho nitro benzene ring substituents is 1. The third-order valence-corrected chi connectivity index (χ3v) is 7.20. The summed E-state index contributed by atoms with van der Waals surface area (Å²) in [6, 6.07) is 4.09. The summed E-state index contributed by atoms with van der Waals surface area (Å²) >= 11 is 0. The van der Waals surface area contributed by atoms with E-state index in [0.29, 0.717) is 23.3 Å². The normalized spacial score (nSPS) is 26.5. The minimum absolute atomic E-state index is 0.0352. The molecule has 1 aromatic rings. The van der Waals surface area contributed by atoms with Gasteiger partial charge in [-0.25, -0.2) is 13.2 Å². The SMILES string of the molecule is CN1C(=O)NC(c2cccc([N+](=O)[O-])c2)C2=C1CN(C1CCS(=O)(=O)C1)C2=O. The molecule has 1 saturated heterocycles. The van der Waals surface area contributed by atoms with E-state index >= 15 is 0 Å². The summed E-state index contributed by atoms with van der Waals surface area (Å²) in [5.74, 6) is -0.403. The van der Waals surface area contributed by atoms with Crippen molar-refractivity contribution in [2.45, 2.75) is 18.5 Å². The van der Waals surface area contributed by atoms with E-state index in [4.69, 9.17) is 0 Å². The predicted molar refractivity (Wildman–Crippen MR) is 97.9 cm³/mol. The first-order valence-corrected chi connectivity index (χ1v) is 10.5. The average Bonchev–Trinajstić information content (AvgIpc) is 3.18. The highest BCUT2D eigenvalue weighted by molar-refractivity contribution is 7.91. The molecule has 2 atom stereocenters. The lowest BCUT2D eigenvalue weighted by atomic mass is 9.95. The summed E-state index contributed by atoms with van der Waals surface area (Å²) in [5.41, 5.74) is 1.11. The molecule has 0 bridgehead atoms. The maximum absolute atomic E-state index is 13.2. The van der Waals surface area contributed by atoms with Gasteiger partial charge in [0, 0.05) is 25.2 Å². The van der Waals surface area contributed by atoms with Crippen LogP contribution in [0.25, 0.3) is 0 Å². The third kappa shape index (κ3) is 2.91. The number of carbonyl (C=O) groups excluding carboxylic acids is 2. The fraction of sp³-hybridized carbons (Fsp3) is 0.412. The second-order valence-corrected chi connectivity index (χ2v) is 9.37.